The highest BCUT2D eigenvalue weighted by molar-refractivity contribution is 8.01. The van der Waals surface area contributed by atoms with Crippen LogP contribution in [0.1, 0.15) is 6.92 Å². The zero-order chi connectivity index (χ0) is 13.3. The van der Waals surface area contributed by atoms with E-state index in [0.29, 0.717) is 10.0 Å². The number of hydrogen-bond acceptors (Lipinski definition) is 3. The van der Waals surface area contributed by atoms with E-state index in [1.54, 1.807) is 47.6 Å². The van der Waals surface area contributed by atoms with Crippen molar-refractivity contribution in [2.45, 2.75) is 11.9 Å². The number of imidazole rings is 1. The van der Waals surface area contributed by atoms with E-state index in [-0.39, 0.29) is 0 Å². The predicted molar refractivity (Wildman–Crippen MR) is 77.6 cm³/mol. The molecule has 0 saturated heterocycles. The van der Waals surface area contributed by atoms with Gasteiger partial charge in [0.25, 0.3) is 0 Å². The van der Waals surface area contributed by atoms with E-state index in [9.17, 15) is 4.21 Å². The second kappa shape index (κ2) is 4.74. The molecule has 96 valence electrons. The van der Waals surface area contributed by atoms with Gasteiger partial charge in [0.15, 0.2) is 0 Å². The van der Waals surface area contributed by atoms with Crippen LogP contribution in [-0.2, 0) is 9.52 Å². The fraction of sp³-hybridized carbons (Fsp3) is 0.250. The van der Waals surface area contributed by atoms with Gasteiger partial charge < -0.3 is 0 Å². The molecule has 2 rings (SSSR count). The Morgan fingerprint density at radius 2 is 2.28 bits per heavy atom. The molecule has 1 atom stereocenters. The number of aliphatic imine (C=N–C) groups is 1. The van der Waals surface area contributed by atoms with Gasteiger partial charge in [0.2, 0.25) is 0 Å². The molecule has 0 fully saturated rings. The number of fused-ring (bicyclic) bond motifs is 1. The first-order chi connectivity index (χ1) is 8.44. The summed E-state index contributed by atoms with van der Waals surface area (Å²) < 4.78 is 14.5. The van der Waals surface area contributed by atoms with Crippen molar-refractivity contribution in [1.29, 1.82) is 0 Å². The monoisotopic (exact) mass is 283 g/mol. The van der Waals surface area contributed by atoms with Gasteiger partial charge in [-0.05, 0) is 19.1 Å². The van der Waals surface area contributed by atoms with Crippen molar-refractivity contribution in [3.8, 4) is 0 Å². The van der Waals surface area contributed by atoms with Crippen molar-refractivity contribution >= 4 is 37.8 Å². The van der Waals surface area contributed by atoms with Crippen LogP contribution in [0.4, 0.5) is 0 Å². The lowest BCUT2D eigenvalue weighted by Crippen LogP contribution is -2.10. The van der Waals surface area contributed by atoms with Gasteiger partial charge in [0.05, 0.1) is 11.2 Å². The van der Waals surface area contributed by atoms with Gasteiger partial charge >= 0.3 is 0 Å². The Morgan fingerprint density at radius 1 is 1.56 bits per heavy atom. The Balaban J connectivity index is 2.72. The minimum absolute atomic E-state index is 0.581. The minimum atomic E-state index is -2.34. The van der Waals surface area contributed by atoms with Crippen LogP contribution in [0.15, 0.2) is 34.5 Å². The molecule has 6 heteroatoms. The van der Waals surface area contributed by atoms with Gasteiger partial charge in [0, 0.05) is 40.1 Å². The molecule has 0 amide bonds. The third-order valence-corrected chi connectivity index (χ3v) is 4.75. The second-order valence-electron chi connectivity index (χ2n) is 4.06. The third kappa shape index (κ3) is 2.42. The molecular weight excluding hydrogens is 270 g/mol. The highest BCUT2D eigenvalue weighted by Gasteiger charge is 2.11. The first-order valence-corrected chi connectivity index (χ1v) is 7.75. The first-order valence-electron chi connectivity index (χ1n) is 5.34. The van der Waals surface area contributed by atoms with Crippen LogP contribution >= 0.6 is 11.6 Å². The highest BCUT2D eigenvalue weighted by Crippen LogP contribution is 2.16. The van der Waals surface area contributed by atoms with Crippen LogP contribution in [0, 0.1) is 0 Å². The van der Waals surface area contributed by atoms with E-state index < -0.39 is 9.52 Å². The molecule has 0 bridgehead atoms. The summed E-state index contributed by atoms with van der Waals surface area (Å²) in [4.78, 5) is 8.23. The lowest BCUT2D eigenvalue weighted by molar-refractivity contribution is 0.681. The van der Waals surface area contributed by atoms with Gasteiger partial charge in [-0.2, -0.15) is 0 Å². The van der Waals surface area contributed by atoms with Crippen molar-refractivity contribution in [3.05, 3.63) is 29.5 Å². The van der Waals surface area contributed by atoms with E-state index >= 15 is 0 Å². The molecule has 1 unspecified atom stereocenters. The molecular formula is C12H14ClN3OS. The van der Waals surface area contributed by atoms with Gasteiger partial charge in [-0.3, -0.25) is 13.6 Å². The average molecular weight is 284 g/mol. The number of nitrogens with zero attached hydrogens (tertiary/aromatic N) is 3. The maximum Gasteiger partial charge on any atom is 0.137 e. The molecule has 0 N–H and O–H groups in total. The molecule has 0 spiro atoms. The van der Waals surface area contributed by atoms with Gasteiger partial charge in [-0.15, -0.1) is 0 Å². The van der Waals surface area contributed by atoms with Gasteiger partial charge in [-0.1, -0.05) is 11.6 Å². The first kappa shape index (κ1) is 13.1. The molecule has 0 aromatic carbocycles. The maximum absolute atomic E-state index is 12.7. The molecule has 18 heavy (non-hydrogen) atoms. The van der Waals surface area contributed by atoms with E-state index in [1.807, 2.05) is 6.92 Å². The topological polar surface area (TPSA) is 46.7 Å². The van der Waals surface area contributed by atoms with Crippen LogP contribution in [0.3, 0.4) is 0 Å². The van der Waals surface area contributed by atoms with Crippen LogP contribution in [0.25, 0.3) is 5.65 Å². The fourth-order valence-corrected chi connectivity index (χ4v) is 3.51. The summed E-state index contributed by atoms with van der Waals surface area (Å²) in [6.45, 7) is 1.82. The summed E-state index contributed by atoms with van der Waals surface area (Å²) in [6, 6.07) is 3.55. The second-order valence-corrected chi connectivity index (χ2v) is 6.96. The van der Waals surface area contributed by atoms with Crippen LogP contribution < -0.4 is 0 Å². The Hall–Kier alpha value is -1.33. The van der Waals surface area contributed by atoms with Crippen molar-refractivity contribution in [3.63, 3.8) is 0 Å². The lowest BCUT2D eigenvalue weighted by Gasteiger charge is -2.05. The molecule has 0 saturated carbocycles. The number of rotatable bonds is 2. The Labute approximate surface area is 111 Å². The van der Waals surface area contributed by atoms with Crippen LogP contribution in [0.5, 0.6) is 0 Å². The smallest absolute Gasteiger partial charge is 0.137 e. The molecule has 0 aliphatic heterocycles. The van der Waals surface area contributed by atoms with E-state index in [0.717, 1.165) is 11.4 Å². The summed E-state index contributed by atoms with van der Waals surface area (Å²) >= 11 is 5.96. The maximum atomic E-state index is 12.7. The molecule has 4 nitrogen and oxygen atoms in total. The summed E-state index contributed by atoms with van der Waals surface area (Å²) in [5.74, 6) is 0. The molecule has 0 aliphatic rings. The summed E-state index contributed by atoms with van der Waals surface area (Å²) in [7, 11) is -0.662. The number of pyridine rings is 1. The highest BCUT2D eigenvalue weighted by atomic mass is 35.5. The normalized spacial score (nSPS) is 15.7. The van der Waals surface area contributed by atoms with Gasteiger partial charge in [0.1, 0.15) is 10.7 Å². The lowest BCUT2D eigenvalue weighted by atomic mass is 10.5. The molecule has 0 radical (unpaired) electrons. The SMILES string of the molecule is CN=C(C)C=S(C)(=O)c1cnc2ccc(Cl)cn12. The number of aromatic nitrogens is 2. The Kier molecular flexibility index (Phi) is 3.45. The van der Waals surface area contributed by atoms with Crippen molar-refractivity contribution < 1.29 is 4.21 Å². The average Bonchev–Trinajstić information content (AvgIpc) is 2.71. The van der Waals surface area contributed by atoms with Crippen molar-refractivity contribution in [1.82, 2.24) is 9.38 Å². The van der Waals surface area contributed by atoms with E-state index in [4.69, 9.17) is 11.6 Å². The quantitative estimate of drug-likeness (QED) is 0.626. The molecule has 2 aromatic heterocycles. The summed E-state index contributed by atoms with van der Waals surface area (Å²) in [5, 5.41) is 2.87. The van der Waals surface area contributed by atoms with Gasteiger partial charge in [-0.25, -0.2) is 4.98 Å². The van der Waals surface area contributed by atoms with Crippen molar-refractivity contribution in [2.24, 2.45) is 4.99 Å². The molecule has 2 heterocycles. The summed E-state index contributed by atoms with van der Waals surface area (Å²) in [5.41, 5.74) is 1.46. The molecule has 2 aromatic rings. The minimum Gasteiger partial charge on any atom is -0.293 e. The molecule has 0 aliphatic carbocycles. The number of halogens is 1. The third-order valence-electron chi connectivity index (χ3n) is 2.60. The zero-order valence-corrected chi connectivity index (χ0v) is 12.0. The predicted octanol–water partition coefficient (Wildman–Crippen LogP) is 2.15. The van der Waals surface area contributed by atoms with Crippen LogP contribution in [-0.4, -0.2) is 38.0 Å². The fourth-order valence-electron chi connectivity index (χ4n) is 1.67. The largest absolute Gasteiger partial charge is 0.293 e. The number of hydrogen-bond donors (Lipinski definition) is 0. The Bertz CT molecular complexity index is 739. The van der Waals surface area contributed by atoms with E-state index in [2.05, 4.69) is 9.98 Å². The van der Waals surface area contributed by atoms with E-state index in [1.165, 1.54) is 0 Å². The Morgan fingerprint density at radius 3 is 2.94 bits per heavy atom. The van der Waals surface area contributed by atoms with Crippen molar-refractivity contribution in [2.75, 3.05) is 13.3 Å². The standard InChI is InChI=1S/C12H14ClN3OS/c1-9(14-2)8-18(3,17)12-6-15-11-5-4-10(13)7-16(11)12/h4-8H,1-3H3. The van der Waals surface area contributed by atoms with Crippen LogP contribution in [0.2, 0.25) is 5.02 Å². The zero-order valence-electron chi connectivity index (χ0n) is 10.4. The summed E-state index contributed by atoms with van der Waals surface area (Å²) in [6.07, 6.45) is 5.01.